The van der Waals surface area contributed by atoms with Crippen molar-refractivity contribution in [1.29, 1.82) is 0 Å². The Labute approximate surface area is 246 Å². The van der Waals surface area contributed by atoms with Crippen LogP contribution >= 0.6 is 0 Å². The molecule has 2 aliphatic heterocycles. The van der Waals surface area contributed by atoms with Gasteiger partial charge in [-0.2, -0.15) is 0 Å². The summed E-state index contributed by atoms with van der Waals surface area (Å²) in [5.74, 6) is -3.44. The number of aliphatic hydroxyl groups is 1. The molecule has 0 saturated carbocycles. The summed E-state index contributed by atoms with van der Waals surface area (Å²) in [5.41, 5.74) is 1.18. The molecule has 4 rings (SSSR count). The van der Waals surface area contributed by atoms with Crippen LogP contribution in [0.5, 0.6) is 0 Å². The maximum Gasteiger partial charge on any atom is 0.242 e. The van der Waals surface area contributed by atoms with Crippen molar-refractivity contribution in [2.75, 3.05) is 26.2 Å². The van der Waals surface area contributed by atoms with Crippen molar-refractivity contribution in [1.82, 2.24) is 20.4 Å². The van der Waals surface area contributed by atoms with E-state index in [0.717, 1.165) is 43.0 Å². The molecule has 2 fully saturated rings. The number of hydrogen-bond donors (Lipinski definition) is 3. The highest BCUT2D eigenvalue weighted by Crippen LogP contribution is 2.30. The number of amides is 3. The molecule has 0 bridgehead atoms. The molecule has 228 valence electrons. The van der Waals surface area contributed by atoms with Gasteiger partial charge in [-0.05, 0) is 42.5 Å². The molecule has 0 aliphatic carbocycles. The Hall–Kier alpha value is -3.37. The fourth-order valence-corrected chi connectivity index (χ4v) is 6.05. The molecule has 3 N–H and O–H groups in total. The number of piperazine rings is 1. The van der Waals surface area contributed by atoms with Gasteiger partial charge in [0.05, 0.1) is 24.0 Å². The number of aliphatic hydroxyl groups excluding tert-OH is 1. The first-order valence-corrected chi connectivity index (χ1v) is 15.0. The van der Waals surface area contributed by atoms with Gasteiger partial charge in [0.2, 0.25) is 17.7 Å². The van der Waals surface area contributed by atoms with Gasteiger partial charge in [-0.1, -0.05) is 57.0 Å². The predicted molar refractivity (Wildman–Crippen MR) is 155 cm³/mol. The van der Waals surface area contributed by atoms with Gasteiger partial charge in [-0.25, -0.2) is 8.78 Å². The molecule has 2 aromatic carbocycles. The van der Waals surface area contributed by atoms with Gasteiger partial charge in [-0.15, -0.1) is 0 Å². The largest absolute Gasteiger partial charge is 0.389 e. The first-order valence-electron chi connectivity index (χ1n) is 15.0. The van der Waals surface area contributed by atoms with E-state index in [4.69, 9.17) is 0 Å². The second-order valence-electron chi connectivity index (χ2n) is 11.4. The topological polar surface area (TPSA) is 102 Å². The van der Waals surface area contributed by atoms with E-state index in [0.29, 0.717) is 32.6 Å². The van der Waals surface area contributed by atoms with Gasteiger partial charge in [0.15, 0.2) is 0 Å². The lowest BCUT2D eigenvalue weighted by Gasteiger charge is -2.38. The molecule has 0 aromatic heterocycles. The second kappa shape index (κ2) is 14.7. The quantitative estimate of drug-likeness (QED) is 0.336. The third-order valence-corrected chi connectivity index (χ3v) is 8.25. The van der Waals surface area contributed by atoms with Gasteiger partial charge < -0.3 is 25.5 Å². The van der Waals surface area contributed by atoms with Crippen LogP contribution in [0.3, 0.4) is 0 Å². The minimum Gasteiger partial charge on any atom is -0.389 e. The van der Waals surface area contributed by atoms with Crippen LogP contribution in [-0.2, 0) is 27.3 Å². The fourth-order valence-electron chi connectivity index (χ4n) is 6.05. The summed E-state index contributed by atoms with van der Waals surface area (Å²) < 4.78 is 28.2. The Kier molecular flexibility index (Phi) is 11.0. The molecule has 0 radical (unpaired) electrons. The summed E-state index contributed by atoms with van der Waals surface area (Å²) in [6.07, 6.45) is 1.53. The third kappa shape index (κ3) is 7.72. The summed E-state index contributed by atoms with van der Waals surface area (Å²) in [5, 5.41) is 17.5. The van der Waals surface area contributed by atoms with E-state index in [9.17, 15) is 28.3 Å². The fraction of sp³-hybridized carbons (Fsp3) is 0.531. The zero-order valence-electron chi connectivity index (χ0n) is 24.4. The van der Waals surface area contributed by atoms with Crippen molar-refractivity contribution in [3.63, 3.8) is 0 Å². The second-order valence-corrected chi connectivity index (χ2v) is 11.4. The Balaban J connectivity index is 1.56. The van der Waals surface area contributed by atoms with Crippen molar-refractivity contribution in [3.05, 3.63) is 71.3 Å². The van der Waals surface area contributed by atoms with Crippen LogP contribution < -0.4 is 10.6 Å². The van der Waals surface area contributed by atoms with Crippen molar-refractivity contribution < 1.29 is 28.3 Å². The number of unbranched alkanes of at least 4 members (excludes halogenated alkanes) is 1. The Morgan fingerprint density at radius 1 is 1.02 bits per heavy atom. The van der Waals surface area contributed by atoms with E-state index in [1.807, 2.05) is 44.2 Å². The number of benzene rings is 2. The smallest absolute Gasteiger partial charge is 0.242 e. The van der Waals surface area contributed by atoms with Crippen molar-refractivity contribution >= 4 is 17.7 Å². The first-order chi connectivity index (χ1) is 20.2. The van der Waals surface area contributed by atoms with E-state index in [1.54, 1.807) is 9.80 Å². The van der Waals surface area contributed by atoms with Gasteiger partial charge in [0, 0.05) is 38.8 Å². The molecule has 2 heterocycles. The minimum absolute atomic E-state index is 0.0459. The summed E-state index contributed by atoms with van der Waals surface area (Å²) in [6.45, 7) is 6.09. The molecule has 2 aliphatic rings. The van der Waals surface area contributed by atoms with Crippen molar-refractivity contribution in [2.24, 2.45) is 11.8 Å². The molecule has 3 amide bonds. The number of carbonyl (C=O) groups is 3. The summed E-state index contributed by atoms with van der Waals surface area (Å²) in [7, 11) is 0. The monoisotopic (exact) mass is 584 g/mol. The minimum atomic E-state index is -1.40. The van der Waals surface area contributed by atoms with Crippen LogP contribution in [0.25, 0.3) is 0 Å². The van der Waals surface area contributed by atoms with Gasteiger partial charge >= 0.3 is 0 Å². The Bertz CT molecular complexity index is 1210. The molecule has 2 unspecified atom stereocenters. The normalized spacial score (nSPS) is 22.4. The number of halogens is 2. The average Bonchev–Trinajstić information content (AvgIpc) is 3.27. The number of likely N-dealkylation sites (tertiary alicyclic amines) is 1. The highest BCUT2D eigenvalue weighted by atomic mass is 19.1. The summed E-state index contributed by atoms with van der Waals surface area (Å²) in [4.78, 5) is 43.8. The van der Waals surface area contributed by atoms with Crippen LogP contribution in [0.4, 0.5) is 8.78 Å². The Morgan fingerprint density at radius 3 is 2.40 bits per heavy atom. The standard InChI is InChI=1S/C32H42F2N4O4/c1-3-5-13-37-20-26(25(9-4-2)31(37)41)30(40)36-27(17-22-15-23(33)18-24(34)16-22)29(39)28-32(42)38(14-12-35-28)19-21-10-7-6-8-11-21/h6-8,10-11,15-16,18,25-29,35,39H,3-5,9,12-14,17,19-20H2,1-2H3,(H,36,40)/t25?,26?,27-,28-,29-/m0/s1. The SMILES string of the molecule is CCCCN1CC(C(=O)N[C@@H](Cc2cc(F)cc(F)c2)[C@H](O)[C@@H]2NCCN(Cc3ccccc3)C2=O)C(CCC)C1=O. The molecule has 5 atom stereocenters. The molecule has 10 heteroatoms. The lowest BCUT2D eigenvalue weighted by atomic mass is 9.89. The molecule has 0 spiro atoms. The zero-order valence-corrected chi connectivity index (χ0v) is 24.4. The van der Waals surface area contributed by atoms with Gasteiger partial charge in [0.1, 0.15) is 17.7 Å². The predicted octanol–water partition coefficient (Wildman–Crippen LogP) is 3.03. The van der Waals surface area contributed by atoms with E-state index in [-0.39, 0.29) is 30.3 Å². The molecule has 42 heavy (non-hydrogen) atoms. The average molecular weight is 585 g/mol. The van der Waals surface area contributed by atoms with Crippen LogP contribution in [0.1, 0.15) is 50.7 Å². The van der Waals surface area contributed by atoms with E-state index in [1.165, 1.54) is 0 Å². The van der Waals surface area contributed by atoms with Crippen LogP contribution in [0.15, 0.2) is 48.5 Å². The van der Waals surface area contributed by atoms with Crippen LogP contribution in [0.2, 0.25) is 0 Å². The van der Waals surface area contributed by atoms with E-state index >= 15 is 0 Å². The summed E-state index contributed by atoms with van der Waals surface area (Å²) in [6, 6.07) is 10.5. The van der Waals surface area contributed by atoms with E-state index in [2.05, 4.69) is 10.6 Å². The van der Waals surface area contributed by atoms with Crippen molar-refractivity contribution in [3.8, 4) is 0 Å². The molecule has 2 aromatic rings. The molecular weight excluding hydrogens is 542 g/mol. The maximum atomic E-state index is 14.1. The highest BCUT2D eigenvalue weighted by Gasteiger charge is 2.45. The van der Waals surface area contributed by atoms with Crippen LogP contribution in [-0.4, -0.2) is 77.0 Å². The summed E-state index contributed by atoms with van der Waals surface area (Å²) >= 11 is 0. The number of nitrogens with zero attached hydrogens (tertiary/aromatic N) is 2. The van der Waals surface area contributed by atoms with Crippen molar-refractivity contribution in [2.45, 2.75) is 70.7 Å². The molecule has 2 saturated heterocycles. The van der Waals surface area contributed by atoms with Gasteiger partial charge in [0.25, 0.3) is 0 Å². The number of hydrogen-bond acceptors (Lipinski definition) is 5. The third-order valence-electron chi connectivity index (χ3n) is 8.25. The van der Waals surface area contributed by atoms with Gasteiger partial charge in [-0.3, -0.25) is 14.4 Å². The maximum absolute atomic E-state index is 14.1. The number of nitrogens with one attached hydrogen (secondary N) is 2. The molecular formula is C32H42F2N4O4. The molecule has 8 nitrogen and oxygen atoms in total. The highest BCUT2D eigenvalue weighted by molar-refractivity contribution is 5.91. The lowest BCUT2D eigenvalue weighted by Crippen LogP contribution is -2.64. The number of rotatable bonds is 13. The zero-order chi connectivity index (χ0) is 30.2. The lowest BCUT2D eigenvalue weighted by molar-refractivity contribution is -0.141. The first kappa shape index (κ1) is 31.6. The Morgan fingerprint density at radius 2 is 1.74 bits per heavy atom. The van der Waals surface area contributed by atoms with E-state index < -0.39 is 47.6 Å². The van der Waals surface area contributed by atoms with Crippen LogP contribution in [0, 0.1) is 23.5 Å². The number of carbonyl (C=O) groups excluding carboxylic acids is 3.